The fourth-order valence-corrected chi connectivity index (χ4v) is 4.90. The largest absolute Gasteiger partial charge is 0.492 e. The highest BCUT2D eigenvalue weighted by Crippen LogP contribution is 2.29. The number of sulfonamides is 1. The predicted molar refractivity (Wildman–Crippen MR) is 134 cm³/mol. The maximum atomic E-state index is 12.7. The van der Waals surface area contributed by atoms with Gasteiger partial charge in [0.05, 0.1) is 17.9 Å². The van der Waals surface area contributed by atoms with Crippen molar-refractivity contribution in [2.24, 2.45) is 4.40 Å². The van der Waals surface area contributed by atoms with Crippen LogP contribution in [0.3, 0.4) is 0 Å². The third-order valence-corrected chi connectivity index (χ3v) is 6.84. The fraction of sp³-hybridized carbons (Fsp3) is 0.231. The minimum Gasteiger partial charge on any atom is -0.492 e. The number of nitrogens with one attached hydrogen (secondary N) is 1. The van der Waals surface area contributed by atoms with Crippen molar-refractivity contribution >= 4 is 27.5 Å². The van der Waals surface area contributed by atoms with Crippen LogP contribution in [0.4, 0.5) is 5.69 Å². The highest BCUT2D eigenvalue weighted by atomic mass is 32.2. The summed E-state index contributed by atoms with van der Waals surface area (Å²) in [6.45, 7) is 0.982. The fourth-order valence-electron chi connectivity index (χ4n) is 3.76. The Hall–Kier alpha value is -3.65. The zero-order valence-electron chi connectivity index (χ0n) is 19.0. The second kappa shape index (κ2) is 10.5. The van der Waals surface area contributed by atoms with Crippen molar-refractivity contribution < 1.29 is 17.9 Å². The molecule has 0 saturated carbocycles. The lowest BCUT2D eigenvalue weighted by Crippen LogP contribution is -2.20. The Kier molecular flexibility index (Phi) is 7.27. The van der Waals surface area contributed by atoms with Crippen molar-refractivity contribution in [3.8, 4) is 16.9 Å². The zero-order valence-corrected chi connectivity index (χ0v) is 19.8. The number of carbonyl (C=O) groups excluding carboxylic acids is 1. The topological polar surface area (TPSA) is 88.1 Å². The van der Waals surface area contributed by atoms with E-state index in [9.17, 15) is 13.2 Å². The molecule has 0 spiro atoms. The maximum absolute atomic E-state index is 12.7. The van der Waals surface area contributed by atoms with Crippen LogP contribution in [0.15, 0.2) is 88.2 Å². The molecule has 3 aromatic rings. The lowest BCUT2D eigenvalue weighted by molar-refractivity contribution is -0.116. The molecule has 1 fully saturated rings. The Morgan fingerprint density at radius 3 is 2.56 bits per heavy atom. The summed E-state index contributed by atoms with van der Waals surface area (Å²) in [6, 6.07) is 23.7. The first kappa shape index (κ1) is 23.5. The van der Waals surface area contributed by atoms with Crippen LogP contribution in [0.1, 0.15) is 19.3 Å². The molecule has 1 N–H and O–H groups in total. The number of nitrogens with zero attached hydrogens (tertiary/aromatic N) is 2. The molecule has 1 aliphatic heterocycles. The van der Waals surface area contributed by atoms with Gasteiger partial charge in [0.1, 0.15) is 11.6 Å². The Bertz CT molecular complexity index is 1290. The molecular weight excluding hydrogens is 450 g/mol. The van der Waals surface area contributed by atoms with E-state index in [-0.39, 0.29) is 23.8 Å². The van der Waals surface area contributed by atoms with Gasteiger partial charge < -0.3 is 15.0 Å². The number of amidine groups is 1. The quantitative estimate of drug-likeness (QED) is 0.513. The monoisotopic (exact) mass is 477 g/mol. The lowest BCUT2D eigenvalue weighted by Gasteiger charge is -2.12. The third-order valence-electron chi connectivity index (χ3n) is 5.53. The standard InChI is InChI=1S/C26H27N3O4S/c1-29-17-8-15-25(29)28-34(31,32)22-12-7-11-21(19-22)27-26(30)16-18-33-24-14-6-5-13-23(24)20-9-3-2-4-10-20/h2-7,9-14,19H,8,15-18H2,1H3,(H,27,30)/b28-25+. The highest BCUT2D eigenvalue weighted by molar-refractivity contribution is 7.90. The van der Waals surface area contributed by atoms with Gasteiger partial charge in [-0.25, -0.2) is 0 Å². The Morgan fingerprint density at radius 1 is 1.03 bits per heavy atom. The van der Waals surface area contributed by atoms with Gasteiger partial charge in [0.25, 0.3) is 10.0 Å². The molecule has 3 aromatic carbocycles. The van der Waals surface area contributed by atoms with Gasteiger partial charge in [-0.3, -0.25) is 4.79 Å². The van der Waals surface area contributed by atoms with Crippen molar-refractivity contribution in [1.82, 2.24) is 4.90 Å². The average molecular weight is 478 g/mol. The number of carbonyl (C=O) groups is 1. The molecule has 7 nitrogen and oxygen atoms in total. The van der Waals surface area contributed by atoms with Gasteiger partial charge in [-0.2, -0.15) is 8.42 Å². The van der Waals surface area contributed by atoms with Crippen LogP contribution < -0.4 is 10.1 Å². The summed E-state index contributed by atoms with van der Waals surface area (Å²) in [7, 11) is -2.02. The van der Waals surface area contributed by atoms with Crippen LogP contribution in [0, 0.1) is 0 Å². The maximum Gasteiger partial charge on any atom is 0.284 e. The molecule has 0 radical (unpaired) electrons. The van der Waals surface area contributed by atoms with Crippen LogP contribution in [-0.4, -0.2) is 45.3 Å². The average Bonchev–Trinajstić information content (AvgIpc) is 3.23. The third kappa shape index (κ3) is 5.82. The van der Waals surface area contributed by atoms with Gasteiger partial charge in [0, 0.05) is 31.3 Å². The molecule has 0 aromatic heterocycles. The zero-order chi connectivity index (χ0) is 24.0. The van der Waals surface area contributed by atoms with Crippen molar-refractivity contribution in [3.05, 3.63) is 78.9 Å². The SMILES string of the molecule is CN1CCC/C1=N\S(=O)(=O)c1cccc(NC(=O)CCOc2ccccc2-c2ccccc2)c1. The molecule has 0 bridgehead atoms. The van der Waals surface area contributed by atoms with Gasteiger partial charge in [-0.1, -0.05) is 54.6 Å². The molecule has 176 valence electrons. The number of ether oxygens (including phenoxy) is 1. The number of likely N-dealkylation sites (tertiary alicyclic amines) is 1. The van der Waals surface area contributed by atoms with E-state index < -0.39 is 10.0 Å². The lowest BCUT2D eigenvalue weighted by atomic mass is 10.1. The summed E-state index contributed by atoms with van der Waals surface area (Å²) in [5.74, 6) is 0.988. The van der Waals surface area contributed by atoms with E-state index in [1.807, 2.05) is 66.5 Å². The van der Waals surface area contributed by atoms with E-state index in [2.05, 4.69) is 9.71 Å². The molecule has 4 rings (SSSR count). The van der Waals surface area contributed by atoms with Crippen molar-refractivity contribution in [2.75, 3.05) is 25.5 Å². The number of hydrogen-bond donors (Lipinski definition) is 1. The van der Waals surface area contributed by atoms with E-state index in [0.717, 1.165) is 24.1 Å². The number of anilines is 1. The summed E-state index contributed by atoms with van der Waals surface area (Å²) < 4.78 is 35.3. The first-order chi connectivity index (χ1) is 16.4. The number of rotatable bonds is 8. The number of amides is 1. The summed E-state index contributed by atoms with van der Waals surface area (Å²) >= 11 is 0. The van der Waals surface area contributed by atoms with Crippen LogP contribution in [0.5, 0.6) is 5.75 Å². The summed E-state index contributed by atoms with van der Waals surface area (Å²) in [6.07, 6.45) is 1.64. The summed E-state index contributed by atoms with van der Waals surface area (Å²) in [4.78, 5) is 14.4. The normalized spacial score (nSPS) is 14.9. The van der Waals surface area contributed by atoms with Crippen LogP contribution in [0.25, 0.3) is 11.1 Å². The van der Waals surface area contributed by atoms with E-state index in [4.69, 9.17) is 4.74 Å². The van der Waals surface area contributed by atoms with Crippen LogP contribution >= 0.6 is 0 Å². The van der Waals surface area contributed by atoms with Crippen molar-refractivity contribution in [3.63, 3.8) is 0 Å². The Labute approximate surface area is 200 Å². The molecule has 1 aliphatic rings. The van der Waals surface area contributed by atoms with Gasteiger partial charge in [0.2, 0.25) is 5.91 Å². The smallest absolute Gasteiger partial charge is 0.284 e. The molecular formula is C26H27N3O4S. The minimum atomic E-state index is -3.85. The molecule has 0 unspecified atom stereocenters. The number of benzene rings is 3. The van der Waals surface area contributed by atoms with Gasteiger partial charge in [-0.05, 0) is 36.2 Å². The molecule has 0 aliphatic carbocycles. The molecule has 8 heteroatoms. The molecule has 1 amide bonds. The first-order valence-electron chi connectivity index (χ1n) is 11.1. The van der Waals surface area contributed by atoms with Crippen molar-refractivity contribution in [1.29, 1.82) is 0 Å². The Balaban J connectivity index is 1.37. The Morgan fingerprint density at radius 2 is 1.79 bits per heavy atom. The van der Waals surface area contributed by atoms with Crippen LogP contribution in [0.2, 0.25) is 0 Å². The van der Waals surface area contributed by atoms with Gasteiger partial charge >= 0.3 is 0 Å². The van der Waals surface area contributed by atoms with Crippen LogP contribution in [-0.2, 0) is 14.8 Å². The van der Waals surface area contributed by atoms with E-state index in [1.165, 1.54) is 12.1 Å². The van der Waals surface area contributed by atoms with E-state index >= 15 is 0 Å². The molecule has 0 atom stereocenters. The summed E-state index contributed by atoms with van der Waals surface area (Å²) in [5.41, 5.74) is 2.39. The molecule has 1 heterocycles. The number of para-hydroxylation sites is 1. The highest BCUT2D eigenvalue weighted by Gasteiger charge is 2.20. The first-order valence-corrected chi connectivity index (χ1v) is 12.6. The number of hydrogen-bond acceptors (Lipinski definition) is 4. The van der Waals surface area contributed by atoms with E-state index in [1.54, 1.807) is 12.1 Å². The van der Waals surface area contributed by atoms with Crippen molar-refractivity contribution in [2.45, 2.75) is 24.2 Å². The second-order valence-corrected chi connectivity index (χ2v) is 9.65. The van der Waals surface area contributed by atoms with E-state index in [0.29, 0.717) is 23.7 Å². The van der Waals surface area contributed by atoms with Gasteiger partial charge in [-0.15, -0.1) is 4.40 Å². The second-order valence-electron chi connectivity index (χ2n) is 8.04. The van der Waals surface area contributed by atoms with Gasteiger partial charge in [0.15, 0.2) is 0 Å². The predicted octanol–water partition coefficient (Wildman–Crippen LogP) is 4.57. The summed E-state index contributed by atoms with van der Waals surface area (Å²) in [5, 5.41) is 2.75. The molecule has 1 saturated heterocycles. The molecule has 34 heavy (non-hydrogen) atoms. The minimum absolute atomic E-state index is 0.0474.